The quantitative estimate of drug-likeness (QED) is 0.785. The van der Waals surface area contributed by atoms with Crippen LogP contribution >= 0.6 is 12.4 Å². The van der Waals surface area contributed by atoms with Gasteiger partial charge in [-0.2, -0.15) is 0 Å². The standard InChI is InChI=1S/C14H28N2.ClH/c1-14(9-10-15-11-14)12-16(2)13-7-5-3-4-6-8-13;/h13,15H,3-12H2,1-2H3;1H. The molecule has 0 aromatic rings. The fourth-order valence-electron chi connectivity index (χ4n) is 3.43. The average Bonchev–Trinajstić information content (AvgIpc) is 2.56. The van der Waals surface area contributed by atoms with E-state index in [-0.39, 0.29) is 12.4 Å². The summed E-state index contributed by atoms with van der Waals surface area (Å²) in [5.74, 6) is 0. The van der Waals surface area contributed by atoms with E-state index < -0.39 is 0 Å². The van der Waals surface area contributed by atoms with Gasteiger partial charge in [-0.25, -0.2) is 0 Å². The smallest absolute Gasteiger partial charge is 0.00924 e. The van der Waals surface area contributed by atoms with Gasteiger partial charge in [-0.05, 0) is 38.3 Å². The van der Waals surface area contributed by atoms with Gasteiger partial charge in [0.2, 0.25) is 0 Å². The molecule has 0 bridgehead atoms. The molecule has 17 heavy (non-hydrogen) atoms. The molecule has 1 saturated carbocycles. The van der Waals surface area contributed by atoms with Gasteiger partial charge in [-0.3, -0.25) is 0 Å². The lowest BCUT2D eigenvalue weighted by Gasteiger charge is -2.34. The second-order valence-electron chi connectivity index (χ2n) is 6.30. The molecule has 1 aliphatic carbocycles. The predicted octanol–water partition coefficient (Wildman–Crippen LogP) is 3.06. The highest BCUT2D eigenvalue weighted by molar-refractivity contribution is 5.85. The van der Waals surface area contributed by atoms with E-state index in [9.17, 15) is 0 Å². The van der Waals surface area contributed by atoms with Crippen molar-refractivity contribution in [2.45, 2.75) is 57.9 Å². The van der Waals surface area contributed by atoms with Gasteiger partial charge in [0.25, 0.3) is 0 Å². The minimum Gasteiger partial charge on any atom is -0.316 e. The van der Waals surface area contributed by atoms with Crippen molar-refractivity contribution in [3.8, 4) is 0 Å². The maximum atomic E-state index is 3.51. The summed E-state index contributed by atoms with van der Waals surface area (Å²) in [4.78, 5) is 2.65. The summed E-state index contributed by atoms with van der Waals surface area (Å²) in [6.45, 7) is 6.16. The van der Waals surface area contributed by atoms with Crippen molar-refractivity contribution in [1.82, 2.24) is 10.2 Å². The van der Waals surface area contributed by atoms with Crippen LogP contribution in [0.5, 0.6) is 0 Å². The van der Waals surface area contributed by atoms with Crippen molar-refractivity contribution in [2.24, 2.45) is 5.41 Å². The molecular formula is C14H29ClN2. The molecule has 0 aromatic carbocycles. The van der Waals surface area contributed by atoms with E-state index in [1.807, 2.05) is 0 Å². The Labute approximate surface area is 113 Å². The number of nitrogens with one attached hydrogen (secondary N) is 1. The molecular weight excluding hydrogens is 232 g/mol. The van der Waals surface area contributed by atoms with Crippen LogP contribution in [0.2, 0.25) is 0 Å². The Morgan fingerprint density at radius 3 is 2.35 bits per heavy atom. The Balaban J connectivity index is 0.00000144. The monoisotopic (exact) mass is 260 g/mol. The van der Waals surface area contributed by atoms with Gasteiger partial charge in [-0.1, -0.05) is 32.6 Å². The topological polar surface area (TPSA) is 15.3 Å². The fourth-order valence-corrected chi connectivity index (χ4v) is 3.43. The molecule has 1 saturated heterocycles. The third-order valence-corrected chi connectivity index (χ3v) is 4.54. The van der Waals surface area contributed by atoms with Crippen molar-refractivity contribution >= 4 is 12.4 Å². The summed E-state index contributed by atoms with van der Waals surface area (Å²) in [5, 5.41) is 3.51. The molecule has 1 N–H and O–H groups in total. The lowest BCUT2D eigenvalue weighted by atomic mass is 9.88. The Bertz CT molecular complexity index is 206. The Kier molecular flexibility index (Phi) is 6.25. The van der Waals surface area contributed by atoms with Crippen LogP contribution < -0.4 is 5.32 Å². The first-order valence-electron chi connectivity index (χ1n) is 7.11. The van der Waals surface area contributed by atoms with E-state index in [0.717, 1.165) is 6.04 Å². The maximum absolute atomic E-state index is 3.51. The average molecular weight is 261 g/mol. The maximum Gasteiger partial charge on any atom is 0.00924 e. The summed E-state index contributed by atoms with van der Waals surface area (Å²) < 4.78 is 0. The van der Waals surface area contributed by atoms with Crippen LogP contribution in [0.25, 0.3) is 0 Å². The second kappa shape index (κ2) is 6.96. The van der Waals surface area contributed by atoms with Crippen molar-refractivity contribution in [3.63, 3.8) is 0 Å². The summed E-state index contributed by atoms with van der Waals surface area (Å²) in [6, 6.07) is 0.861. The van der Waals surface area contributed by atoms with Crippen LogP contribution in [0.1, 0.15) is 51.9 Å². The van der Waals surface area contributed by atoms with Crippen molar-refractivity contribution < 1.29 is 0 Å². The van der Waals surface area contributed by atoms with E-state index in [4.69, 9.17) is 0 Å². The molecule has 2 rings (SSSR count). The molecule has 102 valence electrons. The van der Waals surface area contributed by atoms with Gasteiger partial charge in [0.15, 0.2) is 0 Å². The summed E-state index contributed by atoms with van der Waals surface area (Å²) in [6.07, 6.45) is 10.0. The van der Waals surface area contributed by atoms with Gasteiger partial charge in [0, 0.05) is 19.1 Å². The molecule has 3 heteroatoms. The van der Waals surface area contributed by atoms with Crippen molar-refractivity contribution in [2.75, 3.05) is 26.7 Å². The van der Waals surface area contributed by atoms with Gasteiger partial charge in [0.1, 0.15) is 0 Å². The zero-order valence-electron chi connectivity index (χ0n) is 11.5. The first-order chi connectivity index (χ1) is 7.70. The normalized spacial score (nSPS) is 31.2. The van der Waals surface area contributed by atoms with E-state index in [2.05, 4.69) is 24.2 Å². The third-order valence-electron chi connectivity index (χ3n) is 4.54. The molecule has 0 spiro atoms. The number of hydrogen-bond acceptors (Lipinski definition) is 2. The zero-order chi connectivity index (χ0) is 11.4. The second-order valence-corrected chi connectivity index (χ2v) is 6.30. The van der Waals surface area contributed by atoms with E-state index in [0.29, 0.717) is 5.41 Å². The fraction of sp³-hybridized carbons (Fsp3) is 1.00. The summed E-state index contributed by atoms with van der Waals surface area (Å²) in [7, 11) is 2.35. The lowest BCUT2D eigenvalue weighted by molar-refractivity contribution is 0.148. The number of halogens is 1. The van der Waals surface area contributed by atoms with Crippen LogP contribution in [-0.2, 0) is 0 Å². The predicted molar refractivity (Wildman–Crippen MR) is 77.0 cm³/mol. The Morgan fingerprint density at radius 1 is 1.18 bits per heavy atom. The number of nitrogens with zero attached hydrogens (tertiary/aromatic N) is 1. The third kappa shape index (κ3) is 4.42. The molecule has 0 radical (unpaired) electrons. The minimum absolute atomic E-state index is 0. The lowest BCUT2D eigenvalue weighted by Crippen LogP contribution is -2.40. The molecule has 2 nitrogen and oxygen atoms in total. The molecule has 1 aliphatic heterocycles. The zero-order valence-corrected chi connectivity index (χ0v) is 12.3. The van der Waals surface area contributed by atoms with Crippen LogP contribution in [0, 0.1) is 5.41 Å². The summed E-state index contributed by atoms with van der Waals surface area (Å²) >= 11 is 0. The van der Waals surface area contributed by atoms with E-state index >= 15 is 0 Å². The highest BCUT2D eigenvalue weighted by atomic mass is 35.5. The number of hydrogen-bond donors (Lipinski definition) is 1. The van der Waals surface area contributed by atoms with Gasteiger partial charge in [-0.15, -0.1) is 12.4 Å². The highest BCUT2D eigenvalue weighted by Gasteiger charge is 2.31. The van der Waals surface area contributed by atoms with Crippen molar-refractivity contribution in [3.05, 3.63) is 0 Å². The molecule has 2 fully saturated rings. The number of rotatable bonds is 3. The Hall–Kier alpha value is 0.210. The Morgan fingerprint density at radius 2 is 1.82 bits per heavy atom. The molecule has 2 aliphatic rings. The van der Waals surface area contributed by atoms with Gasteiger partial charge >= 0.3 is 0 Å². The minimum atomic E-state index is 0. The first-order valence-corrected chi connectivity index (χ1v) is 7.11. The van der Waals surface area contributed by atoms with Crippen molar-refractivity contribution in [1.29, 1.82) is 0 Å². The SMILES string of the molecule is CN(CC1(C)CCNC1)C1CCCCCC1.Cl. The molecule has 1 heterocycles. The molecule has 0 aromatic heterocycles. The highest BCUT2D eigenvalue weighted by Crippen LogP contribution is 2.28. The van der Waals surface area contributed by atoms with E-state index in [1.54, 1.807) is 0 Å². The molecule has 1 unspecified atom stereocenters. The van der Waals surface area contributed by atoms with Gasteiger partial charge in [0.05, 0.1) is 0 Å². The summed E-state index contributed by atoms with van der Waals surface area (Å²) in [5.41, 5.74) is 0.529. The van der Waals surface area contributed by atoms with E-state index in [1.165, 1.54) is 64.6 Å². The van der Waals surface area contributed by atoms with Crippen LogP contribution in [0.15, 0.2) is 0 Å². The molecule has 1 atom stereocenters. The largest absolute Gasteiger partial charge is 0.316 e. The van der Waals surface area contributed by atoms with Crippen LogP contribution in [0.3, 0.4) is 0 Å². The van der Waals surface area contributed by atoms with Crippen LogP contribution in [-0.4, -0.2) is 37.6 Å². The van der Waals surface area contributed by atoms with Gasteiger partial charge < -0.3 is 10.2 Å². The first kappa shape index (κ1) is 15.3. The van der Waals surface area contributed by atoms with Crippen LogP contribution in [0.4, 0.5) is 0 Å². The molecule has 0 amide bonds.